The van der Waals surface area contributed by atoms with Gasteiger partial charge < -0.3 is 5.32 Å². The maximum Gasteiger partial charge on any atom is 0.263 e. The van der Waals surface area contributed by atoms with Gasteiger partial charge in [0.1, 0.15) is 11.4 Å². The monoisotopic (exact) mass is 477 g/mol. The third-order valence-electron chi connectivity index (χ3n) is 4.51. The Balaban J connectivity index is 1.69. The number of nitrogens with zero attached hydrogens (tertiary/aromatic N) is 2. The van der Waals surface area contributed by atoms with Crippen molar-refractivity contribution in [1.29, 1.82) is 0 Å². The van der Waals surface area contributed by atoms with Crippen LogP contribution >= 0.6 is 46.1 Å². The molecule has 5 nitrogen and oxygen atoms in total. The van der Waals surface area contributed by atoms with Gasteiger partial charge >= 0.3 is 0 Å². The average molecular weight is 479 g/mol. The van der Waals surface area contributed by atoms with Gasteiger partial charge in [-0.3, -0.25) is 14.2 Å². The summed E-state index contributed by atoms with van der Waals surface area (Å²) >= 11 is 19.4. The highest BCUT2D eigenvalue weighted by Gasteiger charge is 2.18. The van der Waals surface area contributed by atoms with Gasteiger partial charge in [0.2, 0.25) is 5.91 Å². The lowest BCUT2D eigenvalue weighted by atomic mass is 10.0. The number of aromatic nitrogens is 2. The summed E-state index contributed by atoms with van der Waals surface area (Å²) in [4.78, 5) is 31.7. The van der Waals surface area contributed by atoms with E-state index in [4.69, 9.17) is 34.8 Å². The number of rotatable bonds is 4. The highest BCUT2D eigenvalue weighted by molar-refractivity contribution is 7.19. The molecule has 0 saturated carbocycles. The molecule has 1 N–H and O–H groups in total. The Hall–Kier alpha value is -2.38. The molecule has 0 atom stereocenters. The van der Waals surface area contributed by atoms with Crippen LogP contribution in [0.2, 0.25) is 15.1 Å². The predicted molar refractivity (Wildman–Crippen MR) is 124 cm³/mol. The lowest BCUT2D eigenvalue weighted by Gasteiger charge is -2.09. The van der Waals surface area contributed by atoms with Crippen molar-refractivity contribution in [2.24, 2.45) is 0 Å². The van der Waals surface area contributed by atoms with Gasteiger partial charge in [-0.25, -0.2) is 4.98 Å². The van der Waals surface area contributed by atoms with Crippen LogP contribution < -0.4 is 10.9 Å². The van der Waals surface area contributed by atoms with Crippen molar-refractivity contribution < 1.29 is 4.79 Å². The SMILES string of the molecule is Cc1sc2ncn(CC(=O)Nc3ccc(Cl)cc3Cl)c(=O)c2c1-c1ccc(Cl)cc1. The van der Waals surface area contributed by atoms with E-state index in [1.807, 2.05) is 19.1 Å². The number of nitrogens with one attached hydrogen (secondary N) is 1. The van der Waals surface area contributed by atoms with Gasteiger partial charge in [-0.1, -0.05) is 46.9 Å². The van der Waals surface area contributed by atoms with Crippen molar-refractivity contribution in [2.75, 3.05) is 5.32 Å². The number of thiophene rings is 1. The second kappa shape index (κ2) is 8.40. The minimum atomic E-state index is -0.400. The highest BCUT2D eigenvalue weighted by Crippen LogP contribution is 2.35. The molecule has 4 rings (SSSR count). The summed E-state index contributed by atoms with van der Waals surface area (Å²) in [7, 11) is 0. The van der Waals surface area contributed by atoms with Crippen molar-refractivity contribution in [1.82, 2.24) is 9.55 Å². The summed E-state index contributed by atoms with van der Waals surface area (Å²) < 4.78 is 1.28. The molecular weight excluding hydrogens is 465 g/mol. The van der Waals surface area contributed by atoms with Crippen LogP contribution in [0.3, 0.4) is 0 Å². The maximum atomic E-state index is 13.2. The van der Waals surface area contributed by atoms with Crippen LogP contribution in [0.25, 0.3) is 21.3 Å². The van der Waals surface area contributed by atoms with Crippen LogP contribution in [-0.4, -0.2) is 15.5 Å². The van der Waals surface area contributed by atoms with Crippen LogP contribution in [0.15, 0.2) is 53.6 Å². The zero-order valence-electron chi connectivity index (χ0n) is 15.6. The van der Waals surface area contributed by atoms with Gasteiger partial charge in [0.05, 0.1) is 22.4 Å². The standard InChI is InChI=1S/C21H14Cl3N3O2S/c1-11-18(12-2-4-13(22)5-3-12)19-20(30-11)25-10-27(21(19)29)9-17(28)26-16-7-6-14(23)8-15(16)24/h2-8,10H,9H2,1H3,(H,26,28). The molecule has 2 heterocycles. The fraction of sp³-hybridized carbons (Fsp3) is 0.0952. The molecule has 0 bridgehead atoms. The van der Waals surface area contributed by atoms with Crippen molar-refractivity contribution in [2.45, 2.75) is 13.5 Å². The van der Waals surface area contributed by atoms with E-state index in [2.05, 4.69) is 10.3 Å². The highest BCUT2D eigenvalue weighted by atomic mass is 35.5. The molecule has 1 amide bonds. The zero-order chi connectivity index (χ0) is 21.4. The Morgan fingerprint density at radius 2 is 1.80 bits per heavy atom. The van der Waals surface area contributed by atoms with Gasteiger partial charge in [0.15, 0.2) is 0 Å². The number of carbonyl (C=O) groups is 1. The lowest BCUT2D eigenvalue weighted by molar-refractivity contribution is -0.116. The third-order valence-corrected chi connectivity index (χ3v) is 6.32. The Morgan fingerprint density at radius 3 is 2.50 bits per heavy atom. The van der Waals surface area contributed by atoms with E-state index >= 15 is 0 Å². The molecule has 0 spiro atoms. The van der Waals surface area contributed by atoms with E-state index in [0.29, 0.717) is 31.0 Å². The van der Waals surface area contributed by atoms with Crippen LogP contribution in [-0.2, 0) is 11.3 Å². The van der Waals surface area contributed by atoms with E-state index in [0.717, 1.165) is 16.0 Å². The molecule has 0 aliphatic heterocycles. The first kappa shape index (κ1) is 20.9. The molecule has 30 heavy (non-hydrogen) atoms. The second-order valence-electron chi connectivity index (χ2n) is 6.57. The third kappa shape index (κ3) is 4.09. The number of hydrogen-bond acceptors (Lipinski definition) is 4. The van der Waals surface area contributed by atoms with E-state index < -0.39 is 5.91 Å². The molecular formula is C21H14Cl3N3O2S. The van der Waals surface area contributed by atoms with E-state index in [1.54, 1.807) is 24.3 Å². The second-order valence-corrected chi connectivity index (χ2v) is 9.05. The first-order valence-electron chi connectivity index (χ1n) is 8.83. The van der Waals surface area contributed by atoms with Crippen molar-refractivity contribution in [3.63, 3.8) is 0 Å². The number of anilines is 1. The van der Waals surface area contributed by atoms with Gasteiger partial charge in [0.25, 0.3) is 5.56 Å². The number of aryl methyl sites for hydroxylation is 1. The maximum absolute atomic E-state index is 13.2. The van der Waals surface area contributed by atoms with Crippen LogP contribution in [0.5, 0.6) is 0 Å². The topological polar surface area (TPSA) is 64.0 Å². The number of fused-ring (bicyclic) bond motifs is 1. The smallest absolute Gasteiger partial charge is 0.263 e. The molecule has 2 aromatic heterocycles. The molecule has 0 fully saturated rings. The Kier molecular flexibility index (Phi) is 5.84. The summed E-state index contributed by atoms with van der Waals surface area (Å²) in [6.45, 7) is 1.74. The number of hydrogen-bond donors (Lipinski definition) is 1. The minimum absolute atomic E-state index is 0.199. The number of amides is 1. The Bertz CT molecular complexity index is 1330. The predicted octanol–water partition coefficient (Wildman–Crippen LogP) is 6.03. The Morgan fingerprint density at radius 1 is 1.10 bits per heavy atom. The molecule has 2 aromatic carbocycles. The van der Waals surface area contributed by atoms with Gasteiger partial charge in [-0.15, -0.1) is 11.3 Å². The summed E-state index contributed by atoms with van der Waals surface area (Å²) in [5.41, 5.74) is 1.81. The van der Waals surface area contributed by atoms with Crippen LogP contribution in [0.4, 0.5) is 5.69 Å². The van der Waals surface area contributed by atoms with E-state index in [9.17, 15) is 9.59 Å². The molecule has 4 aromatic rings. The fourth-order valence-electron chi connectivity index (χ4n) is 3.15. The van der Waals surface area contributed by atoms with Crippen molar-refractivity contribution in [3.05, 3.63) is 79.1 Å². The lowest BCUT2D eigenvalue weighted by Crippen LogP contribution is -2.27. The number of benzene rings is 2. The molecule has 9 heteroatoms. The molecule has 0 saturated heterocycles. The average Bonchev–Trinajstić information content (AvgIpc) is 3.04. The van der Waals surface area contributed by atoms with E-state index in [-0.39, 0.29) is 12.1 Å². The van der Waals surface area contributed by atoms with Crippen molar-refractivity contribution >= 4 is 68.0 Å². The molecule has 0 radical (unpaired) electrons. The van der Waals surface area contributed by atoms with Crippen LogP contribution in [0.1, 0.15) is 4.88 Å². The van der Waals surface area contributed by atoms with Crippen molar-refractivity contribution in [3.8, 4) is 11.1 Å². The quantitative estimate of drug-likeness (QED) is 0.389. The molecule has 152 valence electrons. The summed E-state index contributed by atoms with van der Waals surface area (Å²) in [5.74, 6) is -0.400. The summed E-state index contributed by atoms with van der Waals surface area (Å²) in [5, 5.41) is 4.57. The fourth-order valence-corrected chi connectivity index (χ4v) is 4.73. The molecule has 0 aliphatic carbocycles. The number of halogens is 3. The summed E-state index contributed by atoms with van der Waals surface area (Å²) in [6, 6.07) is 12.0. The minimum Gasteiger partial charge on any atom is -0.323 e. The first-order chi connectivity index (χ1) is 14.3. The largest absolute Gasteiger partial charge is 0.323 e. The normalized spacial score (nSPS) is 11.1. The Labute approximate surface area is 190 Å². The van der Waals surface area contributed by atoms with Gasteiger partial charge in [0, 0.05) is 20.5 Å². The van der Waals surface area contributed by atoms with Crippen LogP contribution in [0, 0.1) is 6.92 Å². The summed E-state index contributed by atoms with van der Waals surface area (Å²) in [6.07, 6.45) is 1.38. The van der Waals surface area contributed by atoms with Gasteiger partial charge in [-0.2, -0.15) is 0 Å². The molecule has 0 unspecified atom stereocenters. The van der Waals surface area contributed by atoms with E-state index in [1.165, 1.54) is 28.3 Å². The molecule has 0 aliphatic rings. The van der Waals surface area contributed by atoms with Gasteiger partial charge in [-0.05, 0) is 42.8 Å². The number of carbonyl (C=O) groups excluding carboxylic acids is 1. The first-order valence-corrected chi connectivity index (χ1v) is 10.8. The zero-order valence-corrected chi connectivity index (χ0v) is 18.7.